The van der Waals surface area contributed by atoms with Gasteiger partial charge in [-0.15, -0.1) is 0 Å². The van der Waals surface area contributed by atoms with Crippen LogP contribution in [0.1, 0.15) is 45.6 Å². The Bertz CT molecular complexity index is 559. The summed E-state index contributed by atoms with van der Waals surface area (Å²) in [4.78, 5) is 31.1. The highest BCUT2D eigenvalue weighted by molar-refractivity contribution is 5.85. The molecule has 1 aliphatic rings. The van der Waals surface area contributed by atoms with E-state index in [0.717, 1.165) is 5.56 Å². The monoisotopic (exact) mass is 318 g/mol. The standard InChI is InChI=1S/C18H26N2O3/c1-5-23-17(22)18(13(2)3)8-10-20(12-18)16(21)14(4)15-7-6-9-19-11-15/h6-7,9,11,13-14H,5,8,10,12H2,1-4H3/t14-,18+/m1/s1. The lowest BCUT2D eigenvalue weighted by Crippen LogP contribution is -2.42. The van der Waals surface area contributed by atoms with Crippen molar-refractivity contribution in [3.05, 3.63) is 30.1 Å². The van der Waals surface area contributed by atoms with E-state index in [0.29, 0.717) is 26.1 Å². The lowest BCUT2D eigenvalue weighted by atomic mass is 9.76. The molecule has 2 heterocycles. The number of amides is 1. The van der Waals surface area contributed by atoms with Crippen molar-refractivity contribution in [2.24, 2.45) is 11.3 Å². The third-order valence-corrected chi connectivity index (χ3v) is 4.95. The maximum atomic E-state index is 12.8. The van der Waals surface area contributed by atoms with E-state index >= 15 is 0 Å². The van der Waals surface area contributed by atoms with Gasteiger partial charge in [-0.2, -0.15) is 0 Å². The van der Waals surface area contributed by atoms with Gasteiger partial charge < -0.3 is 9.64 Å². The zero-order valence-corrected chi connectivity index (χ0v) is 14.4. The Morgan fingerprint density at radius 3 is 2.70 bits per heavy atom. The fraction of sp³-hybridized carbons (Fsp3) is 0.611. The van der Waals surface area contributed by atoms with Gasteiger partial charge in [-0.3, -0.25) is 14.6 Å². The van der Waals surface area contributed by atoms with Crippen molar-refractivity contribution >= 4 is 11.9 Å². The highest BCUT2D eigenvalue weighted by Gasteiger charge is 2.49. The van der Waals surface area contributed by atoms with Crippen LogP contribution in [0.15, 0.2) is 24.5 Å². The van der Waals surface area contributed by atoms with Gasteiger partial charge in [0.15, 0.2) is 0 Å². The minimum atomic E-state index is -0.583. The van der Waals surface area contributed by atoms with Crippen molar-refractivity contribution < 1.29 is 14.3 Å². The fourth-order valence-corrected chi connectivity index (χ4v) is 3.22. The van der Waals surface area contributed by atoms with Crippen LogP contribution in [-0.4, -0.2) is 41.5 Å². The number of hydrogen-bond donors (Lipinski definition) is 0. The first-order valence-corrected chi connectivity index (χ1v) is 8.28. The van der Waals surface area contributed by atoms with E-state index < -0.39 is 5.41 Å². The number of carbonyl (C=O) groups excluding carboxylic acids is 2. The van der Waals surface area contributed by atoms with Gasteiger partial charge in [-0.25, -0.2) is 0 Å². The molecule has 0 aromatic carbocycles. The number of likely N-dealkylation sites (tertiary alicyclic amines) is 1. The van der Waals surface area contributed by atoms with Crippen LogP contribution >= 0.6 is 0 Å². The predicted molar refractivity (Wildman–Crippen MR) is 87.8 cm³/mol. The number of esters is 1. The summed E-state index contributed by atoms with van der Waals surface area (Å²) in [6.07, 6.45) is 4.08. The highest BCUT2D eigenvalue weighted by atomic mass is 16.5. The summed E-state index contributed by atoms with van der Waals surface area (Å²) in [5, 5.41) is 0. The molecule has 23 heavy (non-hydrogen) atoms. The first-order chi connectivity index (χ1) is 10.9. The average molecular weight is 318 g/mol. The van der Waals surface area contributed by atoms with Crippen molar-refractivity contribution in [1.82, 2.24) is 9.88 Å². The number of aromatic nitrogens is 1. The molecule has 2 atom stereocenters. The molecular weight excluding hydrogens is 292 g/mol. The van der Waals surface area contributed by atoms with Crippen molar-refractivity contribution in [2.75, 3.05) is 19.7 Å². The summed E-state index contributed by atoms with van der Waals surface area (Å²) in [5.74, 6) is -0.258. The molecule has 1 amide bonds. The Morgan fingerprint density at radius 1 is 1.39 bits per heavy atom. The van der Waals surface area contributed by atoms with Crippen LogP contribution in [0.25, 0.3) is 0 Å². The van der Waals surface area contributed by atoms with Gasteiger partial charge in [0.2, 0.25) is 5.91 Å². The molecule has 126 valence electrons. The van der Waals surface area contributed by atoms with E-state index in [-0.39, 0.29) is 23.7 Å². The molecule has 1 aliphatic heterocycles. The molecule has 1 aromatic heterocycles. The quantitative estimate of drug-likeness (QED) is 0.783. The smallest absolute Gasteiger partial charge is 0.314 e. The van der Waals surface area contributed by atoms with Crippen molar-refractivity contribution in [2.45, 2.75) is 40.0 Å². The number of pyridine rings is 1. The average Bonchev–Trinajstić information content (AvgIpc) is 3.01. The van der Waals surface area contributed by atoms with Crippen LogP contribution in [-0.2, 0) is 14.3 Å². The maximum absolute atomic E-state index is 12.8. The van der Waals surface area contributed by atoms with E-state index in [9.17, 15) is 9.59 Å². The van der Waals surface area contributed by atoms with Crippen LogP contribution < -0.4 is 0 Å². The summed E-state index contributed by atoms with van der Waals surface area (Å²) in [6, 6.07) is 3.74. The Balaban J connectivity index is 2.14. The second kappa shape index (κ2) is 7.11. The minimum absolute atomic E-state index is 0.0461. The van der Waals surface area contributed by atoms with Gasteiger partial charge in [0.25, 0.3) is 0 Å². The van der Waals surface area contributed by atoms with Gasteiger partial charge in [-0.1, -0.05) is 19.9 Å². The van der Waals surface area contributed by atoms with Crippen LogP contribution in [0.5, 0.6) is 0 Å². The van der Waals surface area contributed by atoms with Crippen molar-refractivity contribution in [3.8, 4) is 0 Å². The Kier molecular flexibility index (Phi) is 5.39. The topological polar surface area (TPSA) is 59.5 Å². The highest BCUT2D eigenvalue weighted by Crippen LogP contribution is 2.40. The molecule has 1 saturated heterocycles. The lowest BCUT2D eigenvalue weighted by Gasteiger charge is -2.31. The summed E-state index contributed by atoms with van der Waals surface area (Å²) >= 11 is 0. The largest absolute Gasteiger partial charge is 0.466 e. The molecular formula is C18H26N2O3. The van der Waals surface area contributed by atoms with Crippen LogP contribution in [0.4, 0.5) is 0 Å². The first kappa shape index (κ1) is 17.4. The van der Waals surface area contributed by atoms with E-state index in [2.05, 4.69) is 4.98 Å². The number of carbonyl (C=O) groups is 2. The van der Waals surface area contributed by atoms with Gasteiger partial charge >= 0.3 is 5.97 Å². The fourth-order valence-electron chi connectivity index (χ4n) is 3.22. The predicted octanol–water partition coefficient (Wildman–Crippen LogP) is 2.62. The summed E-state index contributed by atoms with van der Waals surface area (Å²) in [7, 11) is 0. The van der Waals surface area contributed by atoms with Crippen molar-refractivity contribution in [1.29, 1.82) is 0 Å². The number of hydrogen-bond acceptors (Lipinski definition) is 4. The van der Waals surface area contributed by atoms with Gasteiger partial charge in [0.1, 0.15) is 0 Å². The van der Waals surface area contributed by atoms with Crippen LogP contribution in [0.2, 0.25) is 0 Å². The third-order valence-electron chi connectivity index (χ3n) is 4.95. The summed E-state index contributed by atoms with van der Waals surface area (Å²) in [6.45, 7) is 9.15. The minimum Gasteiger partial charge on any atom is -0.466 e. The Morgan fingerprint density at radius 2 is 2.13 bits per heavy atom. The molecule has 0 unspecified atom stereocenters. The SMILES string of the molecule is CCOC(=O)[C@@]1(C(C)C)CCN(C(=O)[C@H](C)c2cccnc2)C1. The normalized spacial score (nSPS) is 22.2. The Labute approximate surface area is 138 Å². The second-order valence-corrected chi connectivity index (χ2v) is 6.55. The van der Waals surface area contributed by atoms with Crippen LogP contribution in [0.3, 0.4) is 0 Å². The molecule has 0 saturated carbocycles. The summed E-state index contributed by atoms with van der Waals surface area (Å²) < 4.78 is 5.28. The maximum Gasteiger partial charge on any atom is 0.314 e. The lowest BCUT2D eigenvalue weighted by molar-refractivity contribution is -0.157. The number of nitrogens with zero attached hydrogens (tertiary/aromatic N) is 2. The van der Waals surface area contributed by atoms with Gasteiger partial charge in [-0.05, 0) is 37.8 Å². The molecule has 0 N–H and O–H groups in total. The molecule has 1 fully saturated rings. The van der Waals surface area contributed by atoms with E-state index in [1.54, 1.807) is 17.3 Å². The van der Waals surface area contributed by atoms with Crippen molar-refractivity contribution in [3.63, 3.8) is 0 Å². The second-order valence-electron chi connectivity index (χ2n) is 6.55. The molecule has 1 aromatic rings. The molecule has 5 nitrogen and oxygen atoms in total. The molecule has 5 heteroatoms. The summed E-state index contributed by atoms with van der Waals surface area (Å²) in [5.41, 5.74) is 0.316. The molecule has 0 radical (unpaired) electrons. The first-order valence-electron chi connectivity index (χ1n) is 8.28. The van der Waals surface area contributed by atoms with Gasteiger partial charge in [0.05, 0.1) is 17.9 Å². The van der Waals surface area contributed by atoms with E-state index in [1.165, 1.54) is 0 Å². The Hall–Kier alpha value is -1.91. The molecule has 2 rings (SSSR count). The third kappa shape index (κ3) is 3.38. The van der Waals surface area contributed by atoms with E-state index in [4.69, 9.17) is 4.74 Å². The molecule has 0 spiro atoms. The molecule has 0 bridgehead atoms. The zero-order chi connectivity index (χ0) is 17.0. The van der Waals surface area contributed by atoms with Crippen LogP contribution in [0, 0.1) is 11.3 Å². The number of rotatable bonds is 5. The van der Waals surface area contributed by atoms with E-state index in [1.807, 2.05) is 39.8 Å². The molecule has 0 aliphatic carbocycles. The zero-order valence-electron chi connectivity index (χ0n) is 14.4. The van der Waals surface area contributed by atoms with Gasteiger partial charge in [0, 0.05) is 25.5 Å². The number of ether oxygens (including phenoxy) is 1.